The molecule has 0 aliphatic carbocycles. The maximum absolute atomic E-state index is 11.3. The SMILES string of the molecule is O=C(O)Cc1ccc(Sc2ccc([N+](=O)[O-])cc2)c(C(=O)O)c1. The van der Waals surface area contributed by atoms with Gasteiger partial charge in [-0.15, -0.1) is 0 Å². The summed E-state index contributed by atoms with van der Waals surface area (Å²) in [5.74, 6) is -2.21. The summed E-state index contributed by atoms with van der Waals surface area (Å²) >= 11 is 1.14. The largest absolute Gasteiger partial charge is 0.481 e. The van der Waals surface area contributed by atoms with Crippen LogP contribution in [-0.4, -0.2) is 27.1 Å². The standard InChI is InChI=1S/C15H11NO6S/c17-14(18)8-9-1-6-13(12(7-9)15(19)20)23-11-4-2-10(3-5-11)16(21)22/h1-7H,8H2,(H,17,18)(H,19,20). The minimum Gasteiger partial charge on any atom is -0.481 e. The van der Waals surface area contributed by atoms with Crippen molar-refractivity contribution >= 4 is 29.4 Å². The van der Waals surface area contributed by atoms with E-state index in [0.29, 0.717) is 15.4 Å². The summed E-state index contributed by atoms with van der Waals surface area (Å²) in [6.45, 7) is 0. The average molecular weight is 333 g/mol. The number of non-ortho nitro benzene ring substituents is 1. The van der Waals surface area contributed by atoms with Crippen LogP contribution in [0.3, 0.4) is 0 Å². The van der Waals surface area contributed by atoms with Crippen molar-refractivity contribution in [2.45, 2.75) is 16.2 Å². The summed E-state index contributed by atoms with van der Waals surface area (Å²) in [7, 11) is 0. The van der Waals surface area contributed by atoms with Gasteiger partial charge in [-0.3, -0.25) is 14.9 Å². The van der Waals surface area contributed by atoms with Gasteiger partial charge in [0.1, 0.15) is 0 Å². The molecule has 0 spiro atoms. The topological polar surface area (TPSA) is 118 Å². The highest BCUT2D eigenvalue weighted by Crippen LogP contribution is 2.32. The number of hydrogen-bond donors (Lipinski definition) is 2. The van der Waals surface area contributed by atoms with Crippen molar-refractivity contribution in [3.05, 3.63) is 63.7 Å². The third kappa shape index (κ3) is 4.30. The van der Waals surface area contributed by atoms with E-state index in [-0.39, 0.29) is 17.7 Å². The molecule has 0 radical (unpaired) electrons. The second-order valence-corrected chi connectivity index (χ2v) is 5.67. The number of nitrogens with zero attached hydrogens (tertiary/aromatic N) is 1. The molecular formula is C15H11NO6S. The Bertz CT molecular complexity index is 772. The number of nitro benzene ring substituents is 1. The number of nitro groups is 1. The van der Waals surface area contributed by atoms with Crippen LogP contribution >= 0.6 is 11.8 Å². The Hall–Kier alpha value is -2.87. The summed E-state index contributed by atoms with van der Waals surface area (Å²) in [6.07, 6.45) is -0.261. The van der Waals surface area contributed by atoms with Crippen LogP contribution in [0.1, 0.15) is 15.9 Å². The summed E-state index contributed by atoms with van der Waals surface area (Å²) in [6, 6.07) is 10.1. The van der Waals surface area contributed by atoms with Gasteiger partial charge in [0.15, 0.2) is 0 Å². The van der Waals surface area contributed by atoms with E-state index >= 15 is 0 Å². The van der Waals surface area contributed by atoms with Gasteiger partial charge in [-0.05, 0) is 29.8 Å². The fourth-order valence-electron chi connectivity index (χ4n) is 1.88. The van der Waals surface area contributed by atoms with Gasteiger partial charge >= 0.3 is 11.9 Å². The van der Waals surface area contributed by atoms with Crippen LogP contribution in [0.2, 0.25) is 0 Å². The lowest BCUT2D eigenvalue weighted by Crippen LogP contribution is -2.04. The van der Waals surface area contributed by atoms with E-state index in [1.165, 1.54) is 36.4 Å². The van der Waals surface area contributed by atoms with Crippen molar-refractivity contribution in [3.8, 4) is 0 Å². The third-order valence-corrected chi connectivity index (χ3v) is 3.99. The summed E-state index contributed by atoms with van der Waals surface area (Å²) in [4.78, 5) is 33.2. The molecule has 0 saturated heterocycles. The van der Waals surface area contributed by atoms with E-state index < -0.39 is 16.9 Å². The lowest BCUT2D eigenvalue weighted by Gasteiger charge is -2.08. The number of carbonyl (C=O) groups is 2. The van der Waals surface area contributed by atoms with Gasteiger partial charge < -0.3 is 10.2 Å². The van der Waals surface area contributed by atoms with Crippen molar-refractivity contribution in [3.63, 3.8) is 0 Å². The number of rotatable bonds is 6. The van der Waals surface area contributed by atoms with Crippen LogP contribution in [0.5, 0.6) is 0 Å². The molecular weight excluding hydrogens is 322 g/mol. The third-order valence-electron chi connectivity index (χ3n) is 2.91. The Morgan fingerprint density at radius 3 is 2.26 bits per heavy atom. The highest BCUT2D eigenvalue weighted by molar-refractivity contribution is 7.99. The fourth-order valence-corrected chi connectivity index (χ4v) is 2.80. The number of aromatic carboxylic acids is 1. The molecule has 0 unspecified atom stereocenters. The van der Waals surface area contributed by atoms with Gasteiger partial charge in [-0.2, -0.15) is 0 Å². The second kappa shape index (κ2) is 6.93. The molecule has 23 heavy (non-hydrogen) atoms. The zero-order chi connectivity index (χ0) is 17.0. The summed E-state index contributed by atoms with van der Waals surface area (Å²) in [5.41, 5.74) is 0.333. The first-order chi connectivity index (χ1) is 10.9. The minimum atomic E-state index is -1.17. The molecule has 118 valence electrons. The molecule has 2 aromatic carbocycles. The van der Waals surface area contributed by atoms with Gasteiger partial charge in [0.05, 0.1) is 16.9 Å². The van der Waals surface area contributed by atoms with E-state index in [4.69, 9.17) is 5.11 Å². The zero-order valence-electron chi connectivity index (χ0n) is 11.6. The lowest BCUT2D eigenvalue weighted by atomic mass is 10.1. The summed E-state index contributed by atoms with van der Waals surface area (Å²) < 4.78 is 0. The Morgan fingerprint density at radius 1 is 1.09 bits per heavy atom. The lowest BCUT2D eigenvalue weighted by molar-refractivity contribution is -0.384. The Morgan fingerprint density at radius 2 is 1.74 bits per heavy atom. The second-order valence-electron chi connectivity index (χ2n) is 4.56. The molecule has 0 aromatic heterocycles. The van der Waals surface area contributed by atoms with Gasteiger partial charge in [0.25, 0.3) is 5.69 Å². The van der Waals surface area contributed by atoms with E-state index in [1.54, 1.807) is 6.07 Å². The molecule has 0 aliphatic rings. The Labute approximate surface area is 134 Å². The zero-order valence-corrected chi connectivity index (χ0v) is 12.4. The molecule has 0 saturated carbocycles. The Balaban J connectivity index is 2.29. The molecule has 0 bridgehead atoms. The van der Waals surface area contributed by atoms with Crippen molar-refractivity contribution < 1.29 is 24.7 Å². The predicted octanol–water partition coefficient (Wildman–Crippen LogP) is 3.07. The first kappa shape index (κ1) is 16.5. The number of aliphatic carboxylic acids is 1. The van der Waals surface area contributed by atoms with Crippen molar-refractivity contribution in [2.24, 2.45) is 0 Å². The molecule has 0 aliphatic heterocycles. The van der Waals surface area contributed by atoms with Crippen LogP contribution in [0.4, 0.5) is 5.69 Å². The van der Waals surface area contributed by atoms with E-state index in [2.05, 4.69) is 0 Å². The Kier molecular flexibility index (Phi) is 4.97. The van der Waals surface area contributed by atoms with Crippen LogP contribution in [0.15, 0.2) is 52.3 Å². The van der Waals surface area contributed by atoms with Gasteiger partial charge in [-0.1, -0.05) is 17.8 Å². The highest BCUT2D eigenvalue weighted by Gasteiger charge is 2.14. The first-order valence-corrected chi connectivity index (χ1v) is 7.19. The highest BCUT2D eigenvalue weighted by atomic mass is 32.2. The first-order valence-electron chi connectivity index (χ1n) is 6.37. The van der Waals surface area contributed by atoms with Crippen molar-refractivity contribution in [1.82, 2.24) is 0 Å². The molecule has 2 rings (SSSR count). The van der Waals surface area contributed by atoms with E-state index in [1.807, 2.05) is 0 Å². The van der Waals surface area contributed by atoms with Crippen LogP contribution < -0.4 is 0 Å². The maximum atomic E-state index is 11.3. The van der Waals surface area contributed by atoms with E-state index in [0.717, 1.165) is 11.8 Å². The average Bonchev–Trinajstić information content (AvgIpc) is 2.48. The summed E-state index contributed by atoms with van der Waals surface area (Å²) in [5, 5.41) is 28.6. The smallest absolute Gasteiger partial charge is 0.336 e. The normalized spacial score (nSPS) is 10.3. The van der Waals surface area contributed by atoms with Crippen LogP contribution in [-0.2, 0) is 11.2 Å². The van der Waals surface area contributed by atoms with Gasteiger partial charge in [0, 0.05) is 21.9 Å². The molecule has 0 atom stereocenters. The molecule has 2 N–H and O–H groups in total. The van der Waals surface area contributed by atoms with Crippen molar-refractivity contribution in [1.29, 1.82) is 0 Å². The van der Waals surface area contributed by atoms with Crippen LogP contribution in [0.25, 0.3) is 0 Å². The molecule has 2 aromatic rings. The number of carboxylic acids is 2. The number of benzene rings is 2. The predicted molar refractivity (Wildman–Crippen MR) is 82.0 cm³/mol. The minimum absolute atomic E-state index is 0.00731. The molecule has 0 heterocycles. The van der Waals surface area contributed by atoms with Crippen LogP contribution in [0, 0.1) is 10.1 Å². The number of carboxylic acid groups (broad SMARTS) is 2. The fraction of sp³-hybridized carbons (Fsp3) is 0.0667. The quantitative estimate of drug-likeness (QED) is 0.616. The number of hydrogen-bond acceptors (Lipinski definition) is 5. The van der Waals surface area contributed by atoms with Crippen molar-refractivity contribution in [2.75, 3.05) is 0 Å². The van der Waals surface area contributed by atoms with Gasteiger partial charge in [-0.25, -0.2) is 4.79 Å². The van der Waals surface area contributed by atoms with E-state index in [9.17, 15) is 24.8 Å². The molecule has 7 nitrogen and oxygen atoms in total. The monoisotopic (exact) mass is 333 g/mol. The molecule has 0 fully saturated rings. The maximum Gasteiger partial charge on any atom is 0.336 e. The van der Waals surface area contributed by atoms with Gasteiger partial charge in [0.2, 0.25) is 0 Å². The molecule has 0 amide bonds. The molecule has 8 heteroatoms.